The number of nitrogens with zero attached hydrogens (tertiary/aromatic N) is 4. The molecule has 4 atom stereocenters. The molecule has 0 saturated carbocycles. The zero-order valence-electron chi connectivity index (χ0n) is 37.4. The van der Waals surface area contributed by atoms with E-state index in [0.717, 1.165) is 75.2 Å². The van der Waals surface area contributed by atoms with Gasteiger partial charge in [0.15, 0.2) is 5.78 Å². The molecule has 316 valence electrons. The van der Waals surface area contributed by atoms with Crippen LogP contribution in [0.25, 0.3) is 35.2 Å². The number of allylic oxidation sites excluding steroid dienone is 3. The minimum absolute atomic E-state index is 0. The van der Waals surface area contributed by atoms with Crippen LogP contribution in [0, 0.1) is 44.4 Å². The van der Waals surface area contributed by atoms with Crippen LogP contribution in [0.5, 0.6) is 0 Å². The second kappa shape index (κ2) is 20.5. The summed E-state index contributed by atoms with van der Waals surface area (Å²) in [7, 11) is 1.29. The fourth-order valence-corrected chi connectivity index (χ4v) is 9.17. The van der Waals surface area contributed by atoms with Gasteiger partial charge < -0.3 is 29.7 Å². The third kappa shape index (κ3) is 9.60. The van der Waals surface area contributed by atoms with E-state index >= 15 is 0 Å². The van der Waals surface area contributed by atoms with Crippen molar-refractivity contribution in [2.75, 3.05) is 13.7 Å². The summed E-state index contributed by atoms with van der Waals surface area (Å²) in [4.78, 5) is 56.4. The zero-order valence-corrected chi connectivity index (χ0v) is 38.8. The number of hydrogen-bond donors (Lipinski definition) is 0. The molecule has 3 aliphatic rings. The van der Waals surface area contributed by atoms with Gasteiger partial charge in [-0.3, -0.25) is 14.4 Å². The quantitative estimate of drug-likeness (QED) is 0.0436. The van der Waals surface area contributed by atoms with E-state index < -0.39 is 11.9 Å². The summed E-state index contributed by atoms with van der Waals surface area (Å²) in [5.41, 5.74) is 10.7. The van der Waals surface area contributed by atoms with Gasteiger partial charge in [0.2, 0.25) is 0 Å². The van der Waals surface area contributed by atoms with Crippen LogP contribution >= 0.6 is 0 Å². The molecule has 5 heterocycles. The Hall–Kier alpha value is -4.28. The van der Waals surface area contributed by atoms with E-state index in [4.69, 9.17) is 29.7 Å². The fraction of sp³-hybridized carbons (Fsp3) is 0.500. The molecule has 1 aliphatic carbocycles. The molecule has 10 heteroatoms. The average Bonchev–Trinajstić information content (AvgIpc) is 3.95. The van der Waals surface area contributed by atoms with Crippen molar-refractivity contribution in [2.24, 2.45) is 23.7 Å². The van der Waals surface area contributed by atoms with Crippen molar-refractivity contribution >= 4 is 70.7 Å². The summed E-state index contributed by atoms with van der Waals surface area (Å²) in [5.74, 6) is -2.30. The first-order chi connectivity index (χ1) is 28.3. The van der Waals surface area contributed by atoms with E-state index in [0.29, 0.717) is 40.2 Å². The third-order valence-corrected chi connectivity index (χ3v) is 12.9. The van der Waals surface area contributed by atoms with Crippen LogP contribution in [0.4, 0.5) is 0 Å². The molecular weight excluding hydrogens is 761 g/mol. The minimum atomic E-state index is -1.22. The number of esters is 2. The van der Waals surface area contributed by atoms with Crippen LogP contribution in [0.15, 0.2) is 29.6 Å². The van der Waals surface area contributed by atoms with Gasteiger partial charge in [-0.1, -0.05) is 131 Å². The smallest absolute Gasteiger partial charge is 0.664 e. The van der Waals surface area contributed by atoms with Gasteiger partial charge in [-0.15, -0.1) is 33.5 Å². The van der Waals surface area contributed by atoms with Gasteiger partial charge in [0, 0.05) is 12.0 Å². The van der Waals surface area contributed by atoms with E-state index in [1.807, 2.05) is 44.2 Å². The molecule has 3 aromatic heterocycles. The van der Waals surface area contributed by atoms with E-state index in [1.54, 1.807) is 0 Å². The standard InChI is InChI=1S/C50H63N4O5.Mg/c1-11-14-15-16-18-28(4)19-17-20-29(5)23-24-59-43(55)22-21-36-32(8)39-25-37-30(6)34(12-2)41(51-37)26-38-31(7)35(13-3)42(52-38)27-40-33(9)44-48(54-40)45(47(36)53-39)46(49(44)56)50(57)58-10;/h12,23,25-28,32,36,46H,2,11,13-22,24H2,1,3-10H3,(H-,53,54,56);/q-3;+2/p-1/b29-23+,38-26-,39-25-,42-27-;/t28-,32+,36+,46-;/m1./s1. The van der Waals surface area contributed by atoms with Gasteiger partial charge in [0.05, 0.1) is 7.11 Å². The van der Waals surface area contributed by atoms with Gasteiger partial charge in [0.1, 0.15) is 12.5 Å². The van der Waals surface area contributed by atoms with Crippen molar-refractivity contribution in [2.45, 2.75) is 126 Å². The molecule has 60 heavy (non-hydrogen) atoms. The van der Waals surface area contributed by atoms with Crippen molar-refractivity contribution in [3.63, 3.8) is 0 Å². The Morgan fingerprint density at radius 3 is 2.32 bits per heavy atom. The number of unbranched alkanes of at least 4 members (excludes halogenated alkanes) is 3. The van der Waals surface area contributed by atoms with Crippen molar-refractivity contribution in [3.8, 4) is 0 Å². The maximum Gasteiger partial charge on any atom is 2.00 e. The van der Waals surface area contributed by atoms with E-state index in [9.17, 15) is 14.4 Å². The van der Waals surface area contributed by atoms with Crippen molar-refractivity contribution in [1.82, 2.24) is 15.0 Å². The predicted octanol–water partition coefficient (Wildman–Crippen LogP) is 8.70. The number of ether oxygens (including phenoxy) is 2. The van der Waals surface area contributed by atoms with Crippen LogP contribution in [-0.2, 0) is 25.5 Å². The van der Waals surface area contributed by atoms with Crippen LogP contribution in [0.1, 0.15) is 160 Å². The number of carbonyl (C=O) groups excluding carboxylic acids is 3. The van der Waals surface area contributed by atoms with E-state index in [2.05, 4.69) is 48.1 Å². The first kappa shape index (κ1) is 46.8. The molecule has 0 amide bonds. The molecule has 0 aromatic carbocycles. The molecule has 0 spiro atoms. The first-order valence-electron chi connectivity index (χ1n) is 21.8. The summed E-state index contributed by atoms with van der Waals surface area (Å²) in [6.07, 6.45) is 20.9. The second-order valence-corrected chi connectivity index (χ2v) is 16.9. The third-order valence-electron chi connectivity index (χ3n) is 12.9. The number of fused-ring (bicyclic) bond motifs is 7. The van der Waals surface area contributed by atoms with Crippen LogP contribution < -0.4 is 25.7 Å². The summed E-state index contributed by atoms with van der Waals surface area (Å²) in [5, 5.41) is 6.82. The molecule has 2 aliphatic heterocycles. The number of Topliss-reactive ketones (excluding diaryl/α,β-unsaturated/α-hetero) is 1. The van der Waals surface area contributed by atoms with Crippen molar-refractivity contribution in [3.05, 3.63) is 102 Å². The topological polar surface area (TPSA) is 126 Å². The largest absolute Gasteiger partial charge is 2.00 e. The molecule has 6 rings (SSSR count). The summed E-state index contributed by atoms with van der Waals surface area (Å²) < 4.78 is 11.0. The maximum atomic E-state index is 14.3. The molecular formula is C50H62MgN4O5-2. The van der Waals surface area contributed by atoms with E-state index in [1.165, 1.54) is 51.2 Å². The van der Waals surface area contributed by atoms with Gasteiger partial charge in [-0.2, -0.15) is 11.4 Å². The predicted molar refractivity (Wildman–Crippen MR) is 242 cm³/mol. The number of hydrogen-bond acceptors (Lipinski definition) is 5. The first-order valence-corrected chi connectivity index (χ1v) is 21.8. The van der Waals surface area contributed by atoms with Gasteiger partial charge >= 0.3 is 35.0 Å². The number of methoxy groups -OCH3 is 1. The molecule has 0 radical (unpaired) electrons. The molecule has 1 saturated heterocycles. The Labute approximate surface area is 372 Å². The van der Waals surface area contributed by atoms with Crippen molar-refractivity contribution in [1.29, 1.82) is 0 Å². The van der Waals surface area contributed by atoms with Gasteiger partial charge in [0.25, 0.3) is 0 Å². The molecule has 3 aromatic rings. The zero-order chi connectivity index (χ0) is 42.5. The van der Waals surface area contributed by atoms with Gasteiger partial charge in [-0.05, 0) is 82.8 Å². The molecule has 1 fully saturated rings. The Bertz CT molecular complexity index is 2330. The molecule has 0 unspecified atom stereocenters. The van der Waals surface area contributed by atoms with Gasteiger partial charge in [-0.25, -0.2) is 0 Å². The second-order valence-electron chi connectivity index (χ2n) is 16.9. The van der Waals surface area contributed by atoms with E-state index in [-0.39, 0.29) is 59.7 Å². The van der Waals surface area contributed by atoms with Crippen LogP contribution in [0.2, 0.25) is 0 Å². The molecule has 9 nitrogen and oxygen atoms in total. The Kier molecular flexibility index (Phi) is 16.0. The maximum absolute atomic E-state index is 14.3. The summed E-state index contributed by atoms with van der Waals surface area (Å²) in [6, 6.07) is 0. The number of carbonyl (C=O) groups is 3. The SMILES string of the molecule is C=Cc1c2[n-]c(c1C)/C=C1\[N-]/C(=C3\c4[n-]c(c(C)c4C(=O)[C@@H]3C(=O)OC)/C=c3\[n-]/c(c(C)c3CC)=C\2)[C@@H](CCC(=O)OC/C=C(\C)CCC[C@H](C)CCCCCC)[C@@H]1C.[Mg+2]. The normalized spacial score (nSPS) is 21.8. The fourth-order valence-electron chi connectivity index (χ4n) is 9.17. The average molecular weight is 823 g/mol. The minimum Gasteiger partial charge on any atom is -0.664 e. The molecule has 0 N–H and O–H groups in total. The summed E-state index contributed by atoms with van der Waals surface area (Å²) >= 11 is 0. The monoisotopic (exact) mass is 822 g/mol. The number of rotatable bonds is 17. The number of ketones is 1. The number of aromatic nitrogens is 3. The Balaban J connectivity index is 0.00000683. The van der Waals surface area contributed by atoms with Crippen LogP contribution in [0.3, 0.4) is 0 Å². The summed E-state index contributed by atoms with van der Waals surface area (Å²) in [6.45, 7) is 21.2. The Morgan fingerprint density at radius 1 is 0.900 bits per heavy atom. The molecule has 8 bridgehead atoms. The van der Waals surface area contributed by atoms with Crippen LogP contribution in [-0.4, -0.2) is 54.5 Å². The Morgan fingerprint density at radius 2 is 1.62 bits per heavy atom. The van der Waals surface area contributed by atoms with Crippen molar-refractivity contribution < 1.29 is 23.9 Å².